The Morgan fingerprint density at radius 3 is 1.11 bits per heavy atom. The van der Waals surface area contributed by atoms with E-state index in [4.69, 9.17) is 30.4 Å². The zero-order valence-electron chi connectivity index (χ0n) is 47.3. The van der Waals surface area contributed by atoms with E-state index in [0.717, 1.165) is 60.8 Å². The minimum atomic E-state index is -0.547. The van der Waals surface area contributed by atoms with Crippen molar-refractivity contribution < 1.29 is 28.5 Å². The van der Waals surface area contributed by atoms with E-state index in [1.54, 1.807) is 36.4 Å². The number of hydrogen-bond acceptors (Lipinski definition) is 8. The number of hydrogen-bond donors (Lipinski definition) is 2. The molecule has 0 bridgehead atoms. The summed E-state index contributed by atoms with van der Waals surface area (Å²) < 4.78 is 25.7. The average Bonchev–Trinajstić information content (AvgIpc) is 3.43. The number of esters is 1. The van der Waals surface area contributed by atoms with Crippen molar-refractivity contribution in [3.8, 4) is 45.3 Å². The van der Waals surface area contributed by atoms with Crippen LogP contribution in [0.15, 0.2) is 103 Å². The molecule has 0 heterocycles. The molecule has 0 fully saturated rings. The third-order valence-electron chi connectivity index (χ3n) is 14.5. The van der Waals surface area contributed by atoms with Crippen molar-refractivity contribution in [3.63, 3.8) is 0 Å². The van der Waals surface area contributed by atoms with E-state index in [1.807, 2.05) is 66.7 Å². The second-order valence-corrected chi connectivity index (χ2v) is 21.2. The molecule has 5 rings (SSSR count). The van der Waals surface area contributed by atoms with E-state index in [-0.39, 0.29) is 5.78 Å². The van der Waals surface area contributed by atoms with Crippen LogP contribution in [0.4, 0.5) is 11.4 Å². The molecule has 5 aromatic rings. The monoisotopic (exact) mass is 1040 g/mol. The van der Waals surface area contributed by atoms with Crippen LogP contribution in [0.2, 0.25) is 0 Å². The third kappa shape index (κ3) is 23.2. The first-order chi connectivity index (χ1) is 37.3. The summed E-state index contributed by atoms with van der Waals surface area (Å²) in [5.74, 6) is 1.18. The number of anilines is 2. The van der Waals surface area contributed by atoms with E-state index in [0.29, 0.717) is 70.9 Å². The Morgan fingerprint density at radius 2 is 0.724 bits per heavy atom. The maximum absolute atomic E-state index is 14.2. The number of nitrogen functional groups attached to an aromatic ring is 2. The first-order valence-electron chi connectivity index (χ1n) is 30.1. The van der Waals surface area contributed by atoms with Gasteiger partial charge < -0.3 is 30.4 Å². The number of carbonyl (C=O) groups is 2. The number of ether oxygens (including phenoxy) is 4. The lowest BCUT2D eigenvalue weighted by Gasteiger charge is -2.19. The number of carbonyl (C=O) groups excluding carboxylic acids is 2. The molecule has 0 amide bonds. The summed E-state index contributed by atoms with van der Waals surface area (Å²) in [5.41, 5.74) is 18.4. The van der Waals surface area contributed by atoms with Crippen LogP contribution < -0.4 is 30.4 Å². The first kappa shape index (κ1) is 61.1. The van der Waals surface area contributed by atoms with E-state index in [9.17, 15) is 9.59 Å². The molecular weight excluding hydrogens is 941 g/mol. The van der Waals surface area contributed by atoms with E-state index in [2.05, 4.69) is 20.8 Å². The van der Waals surface area contributed by atoms with Crippen molar-refractivity contribution in [2.24, 2.45) is 0 Å². The van der Waals surface area contributed by atoms with Crippen molar-refractivity contribution in [1.82, 2.24) is 0 Å². The molecule has 0 radical (unpaired) electrons. The Morgan fingerprint density at radius 1 is 0.355 bits per heavy atom. The van der Waals surface area contributed by atoms with Crippen LogP contribution in [0.1, 0.15) is 240 Å². The van der Waals surface area contributed by atoms with Crippen LogP contribution in [0, 0.1) is 0 Å². The van der Waals surface area contributed by atoms with Gasteiger partial charge in [-0.15, -0.1) is 0 Å². The molecule has 76 heavy (non-hydrogen) atoms. The Labute approximate surface area is 459 Å². The molecule has 0 aliphatic heterocycles. The molecule has 0 saturated carbocycles. The van der Waals surface area contributed by atoms with Gasteiger partial charge in [-0.05, 0) is 120 Å². The molecule has 414 valence electrons. The van der Waals surface area contributed by atoms with Gasteiger partial charge in [0.2, 0.25) is 5.75 Å². The predicted octanol–water partition coefficient (Wildman–Crippen LogP) is 19.5. The normalized spacial score (nSPS) is 11.2. The minimum Gasteiger partial charge on any atom is -0.490 e. The fourth-order valence-electron chi connectivity index (χ4n) is 9.89. The Bertz CT molecular complexity index is 2280. The minimum absolute atomic E-state index is 0.171. The first-order valence-corrected chi connectivity index (χ1v) is 30.1. The van der Waals surface area contributed by atoms with E-state index < -0.39 is 5.97 Å². The quantitative estimate of drug-likeness (QED) is 0.0130. The Balaban J connectivity index is 1.31. The van der Waals surface area contributed by atoms with E-state index >= 15 is 0 Å². The standard InChI is InChI=1S/C68H96N2O6/c1-4-7-10-13-16-19-22-25-28-31-44-73-64-52-60(53-65(74-45-32-29-26-23-20-17-14-11-8-5-2)67(64)75-46-33-30-27-24-21-18-15-12-9-6-3)68(72)76-63-42-40-54(41-43-63)66(71)59-48-57(55-36-34-38-61(69)50-55)47-58(49-59)56-37-35-39-62(70)51-56/h34-43,47-53H,4-33,44-46,69-70H2,1-3H3. The summed E-state index contributed by atoms with van der Waals surface area (Å²) >= 11 is 0. The molecule has 8 heteroatoms. The van der Waals surface area contributed by atoms with Gasteiger partial charge in [0.15, 0.2) is 17.3 Å². The molecule has 0 atom stereocenters. The topological polar surface area (TPSA) is 123 Å². The van der Waals surface area contributed by atoms with Gasteiger partial charge in [-0.25, -0.2) is 4.79 Å². The fourth-order valence-corrected chi connectivity index (χ4v) is 9.89. The number of benzene rings is 5. The van der Waals surface area contributed by atoms with Crippen LogP contribution >= 0.6 is 0 Å². The lowest BCUT2D eigenvalue weighted by atomic mass is 9.92. The summed E-state index contributed by atoms with van der Waals surface area (Å²) in [6, 6.07) is 31.3. The Kier molecular flexibility index (Phi) is 29.8. The summed E-state index contributed by atoms with van der Waals surface area (Å²) in [4.78, 5) is 28.4. The van der Waals surface area contributed by atoms with Gasteiger partial charge in [-0.3, -0.25) is 4.79 Å². The number of ketones is 1. The lowest BCUT2D eigenvalue weighted by molar-refractivity contribution is 0.0733. The zero-order chi connectivity index (χ0) is 53.8. The van der Waals surface area contributed by atoms with Crippen molar-refractivity contribution in [3.05, 3.63) is 120 Å². The smallest absolute Gasteiger partial charge is 0.343 e. The van der Waals surface area contributed by atoms with Crippen molar-refractivity contribution in [2.45, 2.75) is 213 Å². The molecule has 0 aliphatic rings. The SMILES string of the molecule is CCCCCCCCCCCCOc1cc(C(=O)Oc2ccc(C(=O)c3cc(-c4cccc(N)c4)cc(-c4cccc(N)c4)c3)cc2)cc(OCCCCCCCCCCCC)c1OCCCCCCCCCCCC. The summed E-state index contributed by atoms with van der Waals surface area (Å²) in [6.07, 6.45) is 37.1. The Hall–Kier alpha value is -5.76. The summed E-state index contributed by atoms with van der Waals surface area (Å²) in [6.45, 7) is 8.37. The highest BCUT2D eigenvalue weighted by molar-refractivity contribution is 6.10. The van der Waals surface area contributed by atoms with Gasteiger partial charge in [0.1, 0.15) is 5.75 Å². The molecule has 4 N–H and O–H groups in total. The van der Waals surface area contributed by atoms with Gasteiger partial charge in [0.25, 0.3) is 0 Å². The number of nitrogens with two attached hydrogens (primary N) is 2. The van der Waals surface area contributed by atoms with Gasteiger partial charge in [0, 0.05) is 22.5 Å². The summed E-state index contributed by atoms with van der Waals surface area (Å²) in [5, 5.41) is 0. The maximum atomic E-state index is 14.2. The molecule has 0 saturated heterocycles. The molecule has 0 unspecified atom stereocenters. The van der Waals surface area contributed by atoms with Crippen LogP contribution in [0.5, 0.6) is 23.0 Å². The lowest BCUT2D eigenvalue weighted by Crippen LogP contribution is -2.12. The van der Waals surface area contributed by atoms with Crippen LogP contribution in [-0.2, 0) is 0 Å². The van der Waals surface area contributed by atoms with Crippen molar-refractivity contribution in [2.75, 3.05) is 31.3 Å². The van der Waals surface area contributed by atoms with Gasteiger partial charge >= 0.3 is 5.97 Å². The molecule has 0 spiro atoms. The van der Waals surface area contributed by atoms with Crippen LogP contribution in [-0.4, -0.2) is 31.6 Å². The highest BCUT2D eigenvalue weighted by atomic mass is 16.5. The summed E-state index contributed by atoms with van der Waals surface area (Å²) in [7, 11) is 0. The van der Waals surface area contributed by atoms with Gasteiger partial charge in [-0.2, -0.15) is 0 Å². The number of unbranched alkanes of at least 4 members (excludes halogenated alkanes) is 27. The second-order valence-electron chi connectivity index (χ2n) is 21.2. The third-order valence-corrected chi connectivity index (χ3v) is 14.5. The molecule has 5 aromatic carbocycles. The average molecular weight is 1040 g/mol. The maximum Gasteiger partial charge on any atom is 0.343 e. The van der Waals surface area contributed by atoms with Crippen molar-refractivity contribution >= 4 is 23.1 Å². The van der Waals surface area contributed by atoms with Crippen LogP contribution in [0.3, 0.4) is 0 Å². The zero-order valence-corrected chi connectivity index (χ0v) is 47.3. The van der Waals surface area contributed by atoms with Crippen LogP contribution in [0.25, 0.3) is 22.3 Å². The second kappa shape index (κ2) is 37.1. The molecule has 0 aliphatic carbocycles. The van der Waals surface area contributed by atoms with Gasteiger partial charge in [-0.1, -0.05) is 218 Å². The van der Waals surface area contributed by atoms with E-state index in [1.165, 1.54) is 154 Å². The van der Waals surface area contributed by atoms with Gasteiger partial charge in [0.05, 0.1) is 25.4 Å². The molecule has 0 aromatic heterocycles. The van der Waals surface area contributed by atoms with Crippen molar-refractivity contribution in [1.29, 1.82) is 0 Å². The molecule has 8 nitrogen and oxygen atoms in total. The number of rotatable bonds is 42. The fraction of sp³-hybridized carbons (Fsp3) is 0.529. The largest absolute Gasteiger partial charge is 0.490 e. The molecular formula is C68H96N2O6. The predicted molar refractivity (Wildman–Crippen MR) is 319 cm³/mol. The highest BCUT2D eigenvalue weighted by Gasteiger charge is 2.22. The highest BCUT2D eigenvalue weighted by Crippen LogP contribution is 2.40.